The summed E-state index contributed by atoms with van der Waals surface area (Å²) < 4.78 is 4.94. The van der Waals surface area contributed by atoms with Gasteiger partial charge in [-0.1, -0.05) is 105 Å². The van der Waals surface area contributed by atoms with E-state index in [1.807, 2.05) is 163 Å². The summed E-state index contributed by atoms with van der Waals surface area (Å²) in [5, 5.41) is 9.64. The predicted octanol–water partition coefficient (Wildman–Crippen LogP) is 8.16. The molecule has 79 heavy (non-hydrogen) atoms. The van der Waals surface area contributed by atoms with Gasteiger partial charge < -0.3 is 49.1 Å². The summed E-state index contributed by atoms with van der Waals surface area (Å²) in [6.45, 7) is 14.0. The molecule has 0 spiro atoms. The van der Waals surface area contributed by atoms with Crippen molar-refractivity contribution in [3.63, 3.8) is 0 Å². The van der Waals surface area contributed by atoms with E-state index in [4.69, 9.17) is 80.1 Å². The molecular weight excluding hydrogens is 1210 g/mol. The molecule has 7 N–H and O–H groups in total. The van der Waals surface area contributed by atoms with Crippen molar-refractivity contribution in [1.82, 2.24) is 59.8 Å². The molecule has 0 bridgehead atoms. The maximum atomic E-state index is 5.88. The molecule has 9 rings (SSSR count). The fraction of sp³-hybridized carbons (Fsp3) is 0.294. The molecule has 0 unspecified atom stereocenters. The van der Waals surface area contributed by atoms with Gasteiger partial charge >= 0.3 is 23.1 Å². The smallest absolute Gasteiger partial charge is 1.00 e. The summed E-state index contributed by atoms with van der Waals surface area (Å²) >= 11 is 33.1. The van der Waals surface area contributed by atoms with Gasteiger partial charge in [-0.2, -0.15) is 96.2 Å². The molecule has 5 heterocycles. The number of aromatic nitrogens is 12. The van der Waals surface area contributed by atoms with E-state index >= 15 is 0 Å². The summed E-state index contributed by atoms with van der Waals surface area (Å²) in [5.74, 6) is 3.37. The molecule has 1 aliphatic rings. The summed E-state index contributed by atoms with van der Waals surface area (Å²) in [6, 6.07) is 42.3. The van der Waals surface area contributed by atoms with Crippen molar-refractivity contribution in [3.8, 4) is 34.2 Å². The summed E-state index contributed by atoms with van der Waals surface area (Å²) in [6.07, 6.45) is 2.56. The van der Waals surface area contributed by atoms with Crippen LogP contribution in [0.5, 0.6) is 0 Å². The van der Waals surface area contributed by atoms with Gasteiger partial charge in [0.05, 0.1) is 0 Å². The molecule has 4 aromatic heterocycles. The van der Waals surface area contributed by atoms with E-state index in [2.05, 4.69) is 87.6 Å². The van der Waals surface area contributed by atoms with E-state index < -0.39 is 0 Å². The Kier molecular flexibility index (Phi) is 46.7. The number of rotatable bonds is 8. The molecule has 0 saturated carbocycles. The van der Waals surface area contributed by atoms with Crippen LogP contribution in [0.2, 0.25) is 31.7 Å². The molecule has 1 fully saturated rings. The van der Waals surface area contributed by atoms with Crippen LogP contribution < -0.4 is 44.4 Å². The zero-order chi connectivity index (χ0) is 55.4. The van der Waals surface area contributed by atoms with E-state index in [0.29, 0.717) is 41.4 Å². The molecule has 28 heteroatoms. The minimum atomic E-state index is 0. The second-order valence-electron chi connectivity index (χ2n) is 15.5. The molecule has 18 nitrogen and oxygen atoms in total. The van der Waals surface area contributed by atoms with Crippen LogP contribution in [0.1, 0.15) is 54.4 Å². The molecule has 1 aliphatic heterocycles. The van der Waals surface area contributed by atoms with Gasteiger partial charge in [0.2, 0.25) is 49.5 Å². The largest absolute Gasteiger partial charge is 2.00 e. The van der Waals surface area contributed by atoms with Crippen LogP contribution in [-0.2, 0) is 4.74 Å². The first kappa shape index (κ1) is 78.5. The Bertz CT molecular complexity index is 2660. The maximum absolute atomic E-state index is 5.88. The van der Waals surface area contributed by atoms with Crippen LogP contribution in [0.3, 0.4) is 0 Å². The summed E-state index contributed by atoms with van der Waals surface area (Å²) in [7, 11) is 3.29. The molecule has 0 aliphatic carbocycles. The zero-order valence-corrected chi connectivity index (χ0v) is 52.6. The van der Waals surface area contributed by atoms with Gasteiger partial charge in [-0.05, 0) is 123 Å². The number of nitrogens with zero attached hydrogens (tertiary/aromatic N) is 12. The molecule has 0 amide bonds. The van der Waals surface area contributed by atoms with Gasteiger partial charge in [0.15, 0.2) is 17.5 Å². The maximum Gasteiger partial charge on any atom is 2.00 e. The van der Waals surface area contributed by atoms with Crippen LogP contribution in [0.4, 0.5) is 17.8 Å². The van der Waals surface area contributed by atoms with Gasteiger partial charge in [0.1, 0.15) is 0 Å². The molecule has 8 aromatic rings. The summed E-state index contributed by atoms with van der Waals surface area (Å²) in [5.41, 5.74) is 12.4. The van der Waals surface area contributed by atoms with Gasteiger partial charge in [0.25, 0.3) is 0 Å². The second-order valence-corrected chi connectivity index (χ2v) is 17.5. The monoisotopic (exact) mass is 1260 g/mol. The van der Waals surface area contributed by atoms with E-state index in [0.717, 1.165) is 29.9 Å². The van der Waals surface area contributed by atoms with Gasteiger partial charge in [0, 0.05) is 65.9 Å². The quantitative estimate of drug-likeness (QED) is 0.0710. The topological polar surface area (TPSA) is 252 Å². The number of hydrogen-bond acceptors (Lipinski definition) is 18. The van der Waals surface area contributed by atoms with Crippen molar-refractivity contribution in [3.05, 3.63) is 159 Å². The number of ether oxygens (including phenoxy) is 1. The Morgan fingerprint density at radius 3 is 1.00 bits per heavy atom. The number of hydrogen-bond donors (Lipinski definition) is 5. The van der Waals surface area contributed by atoms with Gasteiger partial charge in [-0.15, -0.1) is 0 Å². The van der Waals surface area contributed by atoms with E-state index in [-0.39, 0.29) is 101 Å². The van der Waals surface area contributed by atoms with Crippen LogP contribution in [0.25, 0.3) is 34.2 Å². The number of anilines is 3. The minimum Gasteiger partial charge on any atom is -1.00 e. The Labute approximate surface area is 525 Å². The van der Waals surface area contributed by atoms with Crippen molar-refractivity contribution in [2.45, 2.75) is 72.5 Å². The van der Waals surface area contributed by atoms with Gasteiger partial charge in [-0.3, -0.25) is 0 Å². The first-order valence-corrected chi connectivity index (χ1v) is 25.4. The average Bonchev–Trinajstić information content (AvgIpc) is 3.99. The Morgan fingerprint density at radius 2 is 0.722 bits per heavy atom. The predicted molar refractivity (Wildman–Crippen MR) is 325 cm³/mol. The third kappa shape index (κ3) is 37.1. The number of nitrogens with two attached hydrogens (primary N) is 2. The minimum absolute atomic E-state index is 0. The SMILES string of the molecule is C1CCOC1.CC(C)N.CC(C)Nc1nc(Cl)nc(-c2ccccc2)n1.CN.CNc1nc(NC(C)C)nc(-c2ccccc2)n1.Clc1nc(Cl)nc(-c2ccccc2)n1.Clc1nc(Cl)nc(Cl)n1.[B].[B].[Br-].[Mg+2].[c-]1ccccc1. The third-order valence-corrected chi connectivity index (χ3v) is 8.98. The Balaban J connectivity index is -0.000000885. The van der Waals surface area contributed by atoms with E-state index in [1.165, 1.54) is 19.9 Å². The number of nitrogens with one attached hydrogen (secondary N) is 3. The summed E-state index contributed by atoms with van der Waals surface area (Å²) in [4.78, 5) is 47.5. The average molecular weight is 1270 g/mol. The van der Waals surface area contributed by atoms with E-state index in [9.17, 15) is 0 Å². The first-order chi connectivity index (χ1) is 36.0. The van der Waals surface area contributed by atoms with Crippen LogP contribution in [0, 0.1) is 6.07 Å². The van der Waals surface area contributed by atoms with Crippen LogP contribution in [0.15, 0.2) is 121 Å². The molecule has 1 saturated heterocycles. The van der Waals surface area contributed by atoms with Gasteiger partial charge in [-0.25, -0.2) is 0 Å². The van der Waals surface area contributed by atoms with Crippen molar-refractivity contribution in [2.24, 2.45) is 11.5 Å². The zero-order valence-electron chi connectivity index (χ0n) is 45.0. The van der Waals surface area contributed by atoms with Crippen molar-refractivity contribution in [2.75, 3.05) is 43.3 Å². The van der Waals surface area contributed by atoms with Crippen molar-refractivity contribution < 1.29 is 21.7 Å². The van der Waals surface area contributed by atoms with Crippen molar-refractivity contribution in [1.29, 1.82) is 0 Å². The Hall–Kier alpha value is -4.68. The number of benzene rings is 4. The standard InChI is InChI=1S/C13H17N5.C12H13ClN4.C9H5Cl2N3.C6H5.C4H8O.C3Cl3N3.C3H9N.CH5N.2B.BrH.Mg/c1-9(2)15-13-17-11(16-12(14-3)18-13)10-7-5-4-6-8-10;1-8(2)14-12-16-10(15-11(13)17-12)9-6-4-3-5-7-9;10-8-12-7(13-9(11)14-8)6-4-2-1-3-5-6;1-2-4-6-5-3-1;1-2-4-5-3-1;4-1-7-2(5)9-3(6)8-1;1-3(2)4;1-2;;;;/h4-9H,1-3H3,(H2,14,15,16,17,18);3-8H,1-2H3,(H,14,15,16,17);1-5H;1-5H;1-4H2;;3H,4H2,1-2H3;2H2,1H3;;;1H;/q;;;-1;;;;;;;;+2/p-1. The third-order valence-electron chi connectivity index (χ3n) is 7.97. The second kappa shape index (κ2) is 47.0. The van der Waals surface area contributed by atoms with Crippen molar-refractivity contribution >= 4 is 127 Å². The molecule has 6 radical (unpaired) electrons. The fourth-order valence-electron chi connectivity index (χ4n) is 5.11. The van der Waals surface area contributed by atoms with E-state index in [1.54, 1.807) is 7.05 Å². The van der Waals surface area contributed by atoms with Crippen LogP contribution in [-0.4, -0.2) is 145 Å². The molecule has 4 aromatic carbocycles. The molecular formula is C51H62B2BrCl6MgN17O. The molecule has 0 atom stereocenters. The van der Waals surface area contributed by atoms with Crippen LogP contribution >= 0.6 is 69.6 Å². The molecule has 414 valence electrons. The fourth-order valence-corrected chi connectivity index (χ4v) is 6.25. The number of halogens is 7. The normalized spacial score (nSPS) is 10.2. The Morgan fingerprint density at radius 1 is 0.443 bits per heavy atom. The first-order valence-electron chi connectivity index (χ1n) is 23.2.